The fourth-order valence-electron chi connectivity index (χ4n) is 3.02. The van der Waals surface area contributed by atoms with E-state index < -0.39 is 11.9 Å². The highest BCUT2D eigenvalue weighted by molar-refractivity contribution is 5.70. The molecule has 0 aromatic heterocycles. The molecule has 0 radical (unpaired) electrons. The van der Waals surface area contributed by atoms with E-state index in [4.69, 9.17) is 19.9 Å². The maximum absolute atomic E-state index is 11.3. The molecule has 0 heterocycles. The van der Waals surface area contributed by atoms with Crippen LogP contribution in [-0.4, -0.2) is 37.4 Å². The smallest absolute Gasteiger partial charge is 0.307 e. The second kappa shape index (κ2) is 10.9. The first-order chi connectivity index (χ1) is 12.4. The van der Waals surface area contributed by atoms with Crippen molar-refractivity contribution >= 4 is 5.97 Å². The van der Waals surface area contributed by atoms with Crippen LogP contribution >= 0.6 is 0 Å². The minimum atomic E-state index is -0.849. The summed E-state index contributed by atoms with van der Waals surface area (Å²) in [4.78, 5) is 11.3. The van der Waals surface area contributed by atoms with Crippen molar-refractivity contribution in [3.8, 4) is 17.2 Å². The minimum absolute atomic E-state index is 0.0832. The van der Waals surface area contributed by atoms with Crippen molar-refractivity contribution < 1.29 is 24.1 Å². The van der Waals surface area contributed by atoms with Crippen LogP contribution in [0, 0.1) is 11.8 Å². The number of carboxylic acid groups (broad SMARTS) is 1. The molecule has 3 atom stereocenters. The normalized spacial score (nSPS) is 14.4. The Kier molecular flexibility index (Phi) is 9.27. The Balaban J connectivity index is 3.23. The lowest BCUT2D eigenvalue weighted by Gasteiger charge is -2.26. The van der Waals surface area contributed by atoms with Crippen molar-refractivity contribution in [1.82, 2.24) is 0 Å². The first kappa shape index (κ1) is 22.1. The van der Waals surface area contributed by atoms with E-state index in [0.717, 1.165) is 5.56 Å². The number of carbonyl (C=O) groups is 1. The summed E-state index contributed by atoms with van der Waals surface area (Å²) in [7, 11) is 0. The molecule has 6 heteroatoms. The minimum Gasteiger partial charge on any atom is -0.490 e. The van der Waals surface area contributed by atoms with Crippen LogP contribution in [0.3, 0.4) is 0 Å². The predicted octanol–water partition coefficient (Wildman–Crippen LogP) is 3.67. The Morgan fingerprint density at radius 3 is 2.12 bits per heavy atom. The number of benzene rings is 1. The van der Waals surface area contributed by atoms with Crippen LogP contribution in [0.1, 0.15) is 52.5 Å². The van der Waals surface area contributed by atoms with E-state index in [9.17, 15) is 9.90 Å². The van der Waals surface area contributed by atoms with Gasteiger partial charge in [-0.3, -0.25) is 4.79 Å². The molecule has 0 saturated carbocycles. The van der Waals surface area contributed by atoms with Gasteiger partial charge in [-0.15, -0.1) is 0 Å². The van der Waals surface area contributed by atoms with Crippen molar-refractivity contribution in [1.29, 1.82) is 0 Å². The highest BCUT2D eigenvalue weighted by Gasteiger charge is 2.27. The van der Waals surface area contributed by atoms with Gasteiger partial charge in [-0.1, -0.05) is 19.9 Å². The topological polar surface area (TPSA) is 91.0 Å². The first-order valence-electron chi connectivity index (χ1n) is 9.39. The van der Waals surface area contributed by atoms with E-state index in [0.29, 0.717) is 43.5 Å². The quantitative estimate of drug-likeness (QED) is 0.586. The molecule has 0 spiro atoms. The van der Waals surface area contributed by atoms with Crippen LogP contribution in [0.5, 0.6) is 17.2 Å². The SMILES string of the molecule is CCOc1ccc(C(C)C(C)CC(CN)C(=O)O)c(OCC)c1OCC. The number of ether oxygens (including phenoxy) is 3. The Hall–Kier alpha value is -1.95. The third-order valence-corrected chi connectivity index (χ3v) is 4.62. The van der Waals surface area contributed by atoms with Crippen molar-refractivity contribution in [2.45, 2.75) is 47.0 Å². The molecule has 1 rings (SSSR count). The third-order valence-electron chi connectivity index (χ3n) is 4.62. The summed E-state index contributed by atoms with van der Waals surface area (Å²) >= 11 is 0. The molecule has 3 N–H and O–H groups in total. The first-order valence-corrected chi connectivity index (χ1v) is 9.39. The molecule has 26 heavy (non-hydrogen) atoms. The summed E-state index contributed by atoms with van der Waals surface area (Å²) in [5.41, 5.74) is 6.61. The molecular formula is C20H33NO5. The maximum atomic E-state index is 11.3. The van der Waals surface area contributed by atoms with Gasteiger partial charge < -0.3 is 25.1 Å². The Morgan fingerprint density at radius 1 is 1.04 bits per heavy atom. The standard InChI is InChI=1S/C20H33NO5/c1-6-24-17-10-9-16(18(25-7-2)19(17)26-8-3)14(5)13(4)11-15(12-21)20(22)23/h9-10,13-15H,6-8,11-12,21H2,1-5H3,(H,22,23). The van der Waals surface area contributed by atoms with Gasteiger partial charge in [-0.2, -0.15) is 0 Å². The fraction of sp³-hybridized carbons (Fsp3) is 0.650. The maximum Gasteiger partial charge on any atom is 0.307 e. The Labute approximate surface area is 156 Å². The number of hydrogen-bond donors (Lipinski definition) is 2. The molecule has 0 saturated heterocycles. The molecule has 0 aliphatic carbocycles. The van der Waals surface area contributed by atoms with Gasteiger partial charge in [0.2, 0.25) is 5.75 Å². The molecule has 0 aliphatic rings. The van der Waals surface area contributed by atoms with Gasteiger partial charge in [0, 0.05) is 12.1 Å². The molecule has 148 valence electrons. The van der Waals surface area contributed by atoms with Crippen molar-refractivity contribution in [2.24, 2.45) is 17.6 Å². The molecule has 0 amide bonds. The lowest BCUT2D eigenvalue weighted by atomic mass is 9.82. The summed E-state index contributed by atoms with van der Waals surface area (Å²) in [6, 6.07) is 3.88. The fourth-order valence-corrected chi connectivity index (χ4v) is 3.02. The lowest BCUT2D eigenvalue weighted by molar-refractivity contribution is -0.142. The van der Waals surface area contributed by atoms with E-state index in [1.54, 1.807) is 0 Å². The zero-order chi connectivity index (χ0) is 19.7. The number of nitrogens with two attached hydrogens (primary N) is 1. The van der Waals surface area contributed by atoms with E-state index >= 15 is 0 Å². The second-order valence-electron chi connectivity index (χ2n) is 6.38. The number of rotatable bonds is 12. The van der Waals surface area contributed by atoms with Crippen LogP contribution < -0.4 is 19.9 Å². The van der Waals surface area contributed by atoms with Crippen molar-refractivity contribution in [3.63, 3.8) is 0 Å². The highest BCUT2D eigenvalue weighted by Crippen LogP contribution is 2.45. The van der Waals surface area contributed by atoms with Gasteiger partial charge in [0.25, 0.3) is 0 Å². The van der Waals surface area contributed by atoms with Gasteiger partial charge in [-0.25, -0.2) is 0 Å². The summed E-state index contributed by atoms with van der Waals surface area (Å²) < 4.78 is 17.4. The predicted molar refractivity (Wildman–Crippen MR) is 102 cm³/mol. The Bertz CT molecular complexity index is 576. The molecule has 6 nitrogen and oxygen atoms in total. The van der Waals surface area contributed by atoms with Gasteiger partial charge >= 0.3 is 5.97 Å². The lowest BCUT2D eigenvalue weighted by Crippen LogP contribution is -2.26. The summed E-state index contributed by atoms with van der Waals surface area (Å²) in [6.07, 6.45) is 0.510. The second-order valence-corrected chi connectivity index (χ2v) is 6.38. The summed E-state index contributed by atoms with van der Waals surface area (Å²) in [5, 5.41) is 9.28. The number of hydrogen-bond acceptors (Lipinski definition) is 5. The van der Waals surface area contributed by atoms with E-state index in [1.165, 1.54) is 0 Å². The van der Waals surface area contributed by atoms with Crippen LogP contribution in [0.2, 0.25) is 0 Å². The van der Waals surface area contributed by atoms with Crippen molar-refractivity contribution in [3.05, 3.63) is 17.7 Å². The molecule has 3 unspecified atom stereocenters. The third kappa shape index (κ3) is 5.53. The van der Waals surface area contributed by atoms with E-state index in [2.05, 4.69) is 6.92 Å². The monoisotopic (exact) mass is 367 g/mol. The summed E-state index contributed by atoms with van der Waals surface area (Å²) in [6.45, 7) is 11.6. The van der Waals surface area contributed by atoms with E-state index in [-0.39, 0.29) is 18.4 Å². The van der Waals surface area contributed by atoms with Crippen molar-refractivity contribution in [2.75, 3.05) is 26.4 Å². The average Bonchev–Trinajstić information content (AvgIpc) is 2.61. The van der Waals surface area contributed by atoms with Gasteiger partial charge in [0.1, 0.15) is 0 Å². The summed E-state index contributed by atoms with van der Waals surface area (Å²) in [5.74, 6) is 0.758. The molecule has 1 aromatic carbocycles. The van der Waals surface area contributed by atoms with Crippen LogP contribution in [-0.2, 0) is 4.79 Å². The van der Waals surface area contributed by atoms with Crippen LogP contribution in [0.15, 0.2) is 12.1 Å². The zero-order valence-electron chi connectivity index (χ0n) is 16.6. The van der Waals surface area contributed by atoms with Gasteiger partial charge in [0.15, 0.2) is 11.5 Å². The molecule has 1 aromatic rings. The number of aliphatic carboxylic acids is 1. The zero-order valence-corrected chi connectivity index (χ0v) is 16.6. The van der Waals surface area contributed by atoms with Gasteiger partial charge in [-0.05, 0) is 45.1 Å². The number of carboxylic acids is 1. The molecule has 0 aliphatic heterocycles. The largest absolute Gasteiger partial charge is 0.490 e. The Morgan fingerprint density at radius 2 is 1.62 bits per heavy atom. The highest BCUT2D eigenvalue weighted by atomic mass is 16.5. The van der Waals surface area contributed by atoms with Crippen LogP contribution in [0.25, 0.3) is 0 Å². The van der Waals surface area contributed by atoms with Crippen LogP contribution in [0.4, 0.5) is 0 Å². The van der Waals surface area contributed by atoms with Gasteiger partial charge in [0.05, 0.1) is 25.7 Å². The van der Waals surface area contributed by atoms with E-state index in [1.807, 2.05) is 39.8 Å². The molecule has 0 bridgehead atoms. The molecular weight excluding hydrogens is 334 g/mol. The molecule has 0 fully saturated rings. The average molecular weight is 367 g/mol.